The molecule has 4 nitrogen and oxygen atoms in total. The number of fused-ring (bicyclic) bond motifs is 9. The van der Waals surface area contributed by atoms with E-state index in [1.165, 1.54) is 27.6 Å². The lowest BCUT2D eigenvalue weighted by Crippen LogP contribution is -2.14. The van der Waals surface area contributed by atoms with Crippen molar-refractivity contribution in [2.75, 3.05) is 4.90 Å². The molecule has 304 valence electrons. The molecule has 3 aromatic heterocycles. The number of hydrogen-bond donors (Lipinski definition) is 0. The quantitative estimate of drug-likeness (QED) is 0.161. The summed E-state index contributed by atoms with van der Waals surface area (Å²) in [7, 11) is 0. The summed E-state index contributed by atoms with van der Waals surface area (Å²) in [4.78, 5) is 2.33. The van der Waals surface area contributed by atoms with Gasteiger partial charge in [-0.1, -0.05) is 164 Å². The first-order valence-electron chi connectivity index (χ1n) is 22.2. The molecule has 3 heterocycles. The van der Waals surface area contributed by atoms with E-state index in [-0.39, 0.29) is 11.8 Å². The number of benzene rings is 8. The standard InChI is InChI=1S/C60H41NO3/c1-2-12-38(13-3-1)39-26-32-42(33-27-39)61(43-34-28-40(29-35-43)45-16-8-18-49-47-14-4-6-24-55(47)62-57(45)49)44-36-30-41(31-37-44)46-17-9-20-51-53-22-11-23-54(60(53)64-58(46)51)52-21-10-19-50-48-15-5-7-25-56(48)63-59(50)52/h1-20,22,24-37,52,54H,21,23H2. The molecule has 13 rings (SSSR count). The second kappa shape index (κ2) is 14.8. The maximum atomic E-state index is 7.05. The Morgan fingerprint density at radius 2 is 0.797 bits per heavy atom. The minimum absolute atomic E-state index is 0.173. The van der Waals surface area contributed by atoms with Crippen LogP contribution < -0.4 is 4.90 Å². The van der Waals surface area contributed by atoms with Gasteiger partial charge in [0.15, 0.2) is 0 Å². The number of rotatable bonds is 7. The molecule has 0 saturated carbocycles. The molecule has 0 N–H and O–H groups in total. The Morgan fingerprint density at radius 1 is 0.344 bits per heavy atom. The van der Waals surface area contributed by atoms with Crippen molar-refractivity contribution in [1.29, 1.82) is 0 Å². The van der Waals surface area contributed by atoms with Crippen LogP contribution in [0.25, 0.3) is 89.4 Å². The molecule has 0 aliphatic heterocycles. The third kappa shape index (κ3) is 5.90. The molecule has 2 aliphatic carbocycles. The van der Waals surface area contributed by atoms with Gasteiger partial charge >= 0.3 is 0 Å². The van der Waals surface area contributed by atoms with Gasteiger partial charge in [-0.3, -0.25) is 0 Å². The number of allylic oxidation sites excluding steroid dienone is 2. The fraction of sp³-hybridized carbons (Fsp3) is 0.0667. The normalized spacial score (nSPS) is 15.6. The first-order chi connectivity index (χ1) is 31.7. The third-order valence-electron chi connectivity index (χ3n) is 13.5. The third-order valence-corrected chi connectivity index (χ3v) is 13.5. The molecule has 0 saturated heterocycles. The van der Waals surface area contributed by atoms with Crippen molar-refractivity contribution in [3.63, 3.8) is 0 Å². The average Bonchev–Trinajstić information content (AvgIpc) is 4.07. The molecule has 64 heavy (non-hydrogen) atoms. The summed E-state index contributed by atoms with van der Waals surface area (Å²) >= 11 is 0. The van der Waals surface area contributed by atoms with E-state index in [9.17, 15) is 0 Å². The maximum absolute atomic E-state index is 7.05. The second-order valence-corrected chi connectivity index (χ2v) is 17.1. The Kier molecular flexibility index (Phi) is 8.45. The highest BCUT2D eigenvalue weighted by atomic mass is 16.3. The van der Waals surface area contributed by atoms with Gasteiger partial charge in [0.2, 0.25) is 0 Å². The number of anilines is 3. The van der Waals surface area contributed by atoms with Crippen LogP contribution in [0.5, 0.6) is 0 Å². The Hall–Kier alpha value is -8.08. The second-order valence-electron chi connectivity index (χ2n) is 17.1. The zero-order chi connectivity index (χ0) is 42.1. The lowest BCUT2D eigenvalue weighted by Gasteiger charge is -2.27. The zero-order valence-corrected chi connectivity index (χ0v) is 34.9. The molecule has 0 amide bonds. The van der Waals surface area contributed by atoms with Crippen molar-refractivity contribution in [3.8, 4) is 33.4 Å². The summed E-state index contributed by atoms with van der Waals surface area (Å²) in [6.07, 6.45) is 10.9. The first-order valence-corrected chi connectivity index (χ1v) is 22.2. The lowest BCUT2D eigenvalue weighted by atomic mass is 9.76. The van der Waals surface area contributed by atoms with E-state index in [1.54, 1.807) is 0 Å². The van der Waals surface area contributed by atoms with E-state index in [0.717, 1.165) is 102 Å². The van der Waals surface area contributed by atoms with Crippen LogP contribution in [0, 0.1) is 0 Å². The number of furan rings is 3. The van der Waals surface area contributed by atoms with E-state index < -0.39 is 0 Å². The van der Waals surface area contributed by atoms with Gasteiger partial charge in [-0.15, -0.1) is 0 Å². The van der Waals surface area contributed by atoms with E-state index in [4.69, 9.17) is 13.3 Å². The van der Waals surface area contributed by atoms with Gasteiger partial charge in [-0.2, -0.15) is 0 Å². The summed E-state index contributed by atoms with van der Waals surface area (Å²) in [6, 6.07) is 66.7. The summed E-state index contributed by atoms with van der Waals surface area (Å²) in [5.41, 5.74) is 16.0. The Balaban J connectivity index is 0.869. The molecule has 0 bridgehead atoms. The highest BCUT2D eigenvalue weighted by Crippen LogP contribution is 2.51. The minimum atomic E-state index is 0.173. The summed E-state index contributed by atoms with van der Waals surface area (Å²) < 4.78 is 20.1. The predicted octanol–water partition coefficient (Wildman–Crippen LogP) is 17.3. The zero-order valence-electron chi connectivity index (χ0n) is 34.9. The van der Waals surface area contributed by atoms with Crippen molar-refractivity contribution in [2.24, 2.45) is 0 Å². The van der Waals surface area contributed by atoms with Gasteiger partial charge in [0.05, 0.1) is 0 Å². The van der Waals surface area contributed by atoms with Gasteiger partial charge in [0, 0.05) is 72.7 Å². The van der Waals surface area contributed by atoms with Crippen molar-refractivity contribution < 1.29 is 13.3 Å². The number of para-hydroxylation sites is 4. The van der Waals surface area contributed by atoms with E-state index >= 15 is 0 Å². The van der Waals surface area contributed by atoms with Crippen molar-refractivity contribution in [1.82, 2.24) is 0 Å². The van der Waals surface area contributed by atoms with E-state index in [0.29, 0.717) is 0 Å². The molecule has 0 spiro atoms. The average molecular weight is 824 g/mol. The molecule has 11 aromatic rings. The molecule has 0 fully saturated rings. The molecule has 4 heteroatoms. The van der Waals surface area contributed by atoms with Crippen LogP contribution in [0.4, 0.5) is 17.1 Å². The van der Waals surface area contributed by atoms with Crippen LogP contribution in [-0.4, -0.2) is 0 Å². The maximum Gasteiger partial charge on any atom is 0.143 e. The van der Waals surface area contributed by atoms with Gasteiger partial charge in [0.1, 0.15) is 33.9 Å². The van der Waals surface area contributed by atoms with Gasteiger partial charge in [-0.25, -0.2) is 0 Å². The van der Waals surface area contributed by atoms with Gasteiger partial charge < -0.3 is 18.2 Å². The van der Waals surface area contributed by atoms with Crippen LogP contribution in [-0.2, 0) is 0 Å². The Labute approximate surface area is 370 Å². The molecule has 2 aliphatic rings. The van der Waals surface area contributed by atoms with Crippen LogP contribution in [0.2, 0.25) is 0 Å². The molecule has 2 atom stereocenters. The van der Waals surface area contributed by atoms with Gasteiger partial charge in [0.25, 0.3) is 0 Å². The molecule has 0 radical (unpaired) electrons. The van der Waals surface area contributed by atoms with Crippen molar-refractivity contribution in [3.05, 3.63) is 223 Å². The predicted molar refractivity (Wildman–Crippen MR) is 263 cm³/mol. The van der Waals surface area contributed by atoms with Crippen molar-refractivity contribution >= 4 is 73.1 Å². The van der Waals surface area contributed by atoms with Crippen LogP contribution in [0.15, 0.2) is 213 Å². The smallest absolute Gasteiger partial charge is 0.143 e. The Morgan fingerprint density at radius 3 is 1.42 bits per heavy atom. The van der Waals surface area contributed by atoms with Crippen LogP contribution >= 0.6 is 0 Å². The minimum Gasteiger partial charge on any atom is -0.460 e. The largest absolute Gasteiger partial charge is 0.460 e. The number of hydrogen-bond acceptors (Lipinski definition) is 4. The van der Waals surface area contributed by atoms with Crippen LogP contribution in [0.3, 0.4) is 0 Å². The number of nitrogens with zero attached hydrogens (tertiary/aromatic N) is 1. The SMILES string of the molecule is C1=Cc2c(oc3ccccc23)C(C2CC=Cc3c2oc2c(-c4ccc(N(c5ccc(-c6ccccc6)cc5)c5ccc(-c6cccc7c6oc6ccccc67)cc5)cc4)cccc32)C1. The van der Waals surface area contributed by atoms with Gasteiger partial charge in [-0.05, 0) is 83.6 Å². The highest BCUT2D eigenvalue weighted by Gasteiger charge is 2.36. The van der Waals surface area contributed by atoms with Crippen molar-refractivity contribution in [2.45, 2.75) is 24.7 Å². The molecule has 2 unspecified atom stereocenters. The fourth-order valence-electron chi connectivity index (χ4n) is 10.4. The summed E-state index contributed by atoms with van der Waals surface area (Å²) in [5.74, 6) is 2.49. The molecular weight excluding hydrogens is 783 g/mol. The Bertz CT molecular complexity index is 3600. The van der Waals surface area contributed by atoms with E-state index in [1.807, 2.05) is 12.1 Å². The highest BCUT2D eigenvalue weighted by molar-refractivity contribution is 6.09. The monoisotopic (exact) mass is 823 g/mol. The van der Waals surface area contributed by atoms with E-state index in [2.05, 4.69) is 205 Å². The topological polar surface area (TPSA) is 42.7 Å². The summed E-state index contributed by atoms with van der Waals surface area (Å²) in [5, 5.41) is 4.58. The lowest BCUT2D eigenvalue weighted by molar-refractivity contribution is 0.385. The molecule has 8 aromatic carbocycles. The fourth-order valence-corrected chi connectivity index (χ4v) is 10.4. The first kappa shape index (κ1) is 36.6. The summed E-state index contributed by atoms with van der Waals surface area (Å²) in [6.45, 7) is 0. The van der Waals surface area contributed by atoms with Crippen LogP contribution in [0.1, 0.15) is 47.3 Å². The molecular formula is C60H41NO3.